The number of thiazole rings is 1. The molecular formula is C11H14N4OS. The summed E-state index contributed by atoms with van der Waals surface area (Å²) in [6, 6.07) is 1.49. The normalized spacial score (nSPS) is 10.7. The molecule has 0 bridgehead atoms. The van der Waals surface area contributed by atoms with E-state index in [-0.39, 0.29) is 5.56 Å². The highest BCUT2D eigenvalue weighted by Crippen LogP contribution is 2.11. The van der Waals surface area contributed by atoms with E-state index in [1.807, 2.05) is 12.3 Å². The molecule has 0 fully saturated rings. The summed E-state index contributed by atoms with van der Waals surface area (Å²) in [5, 5.41) is 2.94. The molecule has 2 heterocycles. The van der Waals surface area contributed by atoms with E-state index in [4.69, 9.17) is 5.73 Å². The van der Waals surface area contributed by atoms with Gasteiger partial charge in [-0.05, 0) is 13.5 Å². The van der Waals surface area contributed by atoms with Crippen LogP contribution in [0.4, 0.5) is 0 Å². The summed E-state index contributed by atoms with van der Waals surface area (Å²) in [5.41, 5.74) is 7.05. The first-order valence-corrected chi connectivity index (χ1v) is 6.25. The first-order valence-electron chi connectivity index (χ1n) is 5.37. The van der Waals surface area contributed by atoms with Crippen molar-refractivity contribution >= 4 is 11.3 Å². The Labute approximate surface area is 103 Å². The molecule has 17 heavy (non-hydrogen) atoms. The fourth-order valence-corrected chi connectivity index (χ4v) is 2.33. The maximum atomic E-state index is 11.4. The van der Waals surface area contributed by atoms with Crippen molar-refractivity contribution in [3.8, 4) is 0 Å². The molecule has 0 radical (unpaired) electrons. The second-order valence-corrected chi connectivity index (χ2v) is 4.72. The number of H-pyrrole nitrogens is 1. The fraction of sp³-hybridized carbons (Fsp3) is 0.364. The molecule has 5 nitrogen and oxygen atoms in total. The van der Waals surface area contributed by atoms with E-state index in [0.29, 0.717) is 25.2 Å². The van der Waals surface area contributed by atoms with Crippen molar-refractivity contribution in [1.82, 2.24) is 15.0 Å². The van der Waals surface area contributed by atoms with E-state index < -0.39 is 0 Å². The highest BCUT2D eigenvalue weighted by molar-refractivity contribution is 7.09. The van der Waals surface area contributed by atoms with Crippen LogP contribution in [-0.2, 0) is 12.8 Å². The molecule has 0 saturated heterocycles. The van der Waals surface area contributed by atoms with E-state index in [1.165, 1.54) is 6.07 Å². The molecule has 0 unspecified atom stereocenters. The minimum atomic E-state index is -0.133. The average molecular weight is 250 g/mol. The number of aromatic nitrogens is 3. The molecule has 2 rings (SSSR count). The van der Waals surface area contributed by atoms with E-state index in [9.17, 15) is 4.79 Å². The van der Waals surface area contributed by atoms with Gasteiger partial charge < -0.3 is 10.7 Å². The van der Waals surface area contributed by atoms with E-state index in [1.54, 1.807) is 11.3 Å². The number of aryl methyl sites for hydroxylation is 1. The van der Waals surface area contributed by atoms with Gasteiger partial charge in [0.05, 0.1) is 6.42 Å². The number of aromatic amines is 1. The third-order valence-corrected chi connectivity index (χ3v) is 3.20. The van der Waals surface area contributed by atoms with Gasteiger partial charge in [0, 0.05) is 29.3 Å². The van der Waals surface area contributed by atoms with Gasteiger partial charge in [-0.1, -0.05) is 0 Å². The zero-order valence-corrected chi connectivity index (χ0v) is 10.4. The molecule has 0 saturated carbocycles. The standard InChI is InChI=1S/C11H14N4OS/c1-7-6-17-11(13-7)5-9-14-8(2-3-12)4-10(16)15-9/h4,6H,2-3,5,12H2,1H3,(H,14,15,16). The molecule has 90 valence electrons. The van der Waals surface area contributed by atoms with Crippen molar-refractivity contribution in [3.63, 3.8) is 0 Å². The number of hydrogen-bond acceptors (Lipinski definition) is 5. The van der Waals surface area contributed by atoms with Crippen LogP contribution in [0.3, 0.4) is 0 Å². The Morgan fingerprint density at radius 2 is 2.29 bits per heavy atom. The van der Waals surface area contributed by atoms with Crippen molar-refractivity contribution in [1.29, 1.82) is 0 Å². The first-order chi connectivity index (χ1) is 8.17. The largest absolute Gasteiger partial charge is 0.330 e. The van der Waals surface area contributed by atoms with Gasteiger partial charge in [-0.2, -0.15) is 0 Å². The van der Waals surface area contributed by atoms with Gasteiger partial charge in [-0.15, -0.1) is 11.3 Å². The molecule has 0 aliphatic carbocycles. The molecular weight excluding hydrogens is 236 g/mol. The molecule has 0 atom stereocenters. The van der Waals surface area contributed by atoms with Crippen LogP contribution in [0.1, 0.15) is 22.2 Å². The molecule has 0 amide bonds. The van der Waals surface area contributed by atoms with Crippen molar-refractivity contribution < 1.29 is 0 Å². The van der Waals surface area contributed by atoms with E-state index >= 15 is 0 Å². The Bertz CT molecular complexity index is 561. The van der Waals surface area contributed by atoms with Gasteiger partial charge >= 0.3 is 0 Å². The number of nitrogens with two attached hydrogens (primary N) is 1. The lowest BCUT2D eigenvalue weighted by Crippen LogP contribution is -2.15. The molecule has 3 N–H and O–H groups in total. The third kappa shape index (κ3) is 3.21. The van der Waals surface area contributed by atoms with Gasteiger partial charge in [-0.3, -0.25) is 4.79 Å². The predicted octanol–water partition coefficient (Wildman–Crippen LogP) is 0.627. The van der Waals surface area contributed by atoms with Gasteiger partial charge in [0.2, 0.25) is 0 Å². The lowest BCUT2D eigenvalue weighted by molar-refractivity contribution is 0.851. The fourth-order valence-electron chi connectivity index (χ4n) is 1.55. The molecule has 6 heteroatoms. The van der Waals surface area contributed by atoms with Crippen LogP contribution in [-0.4, -0.2) is 21.5 Å². The summed E-state index contributed by atoms with van der Waals surface area (Å²) >= 11 is 1.57. The molecule has 2 aromatic rings. The lowest BCUT2D eigenvalue weighted by atomic mass is 10.3. The molecule has 2 aromatic heterocycles. The van der Waals surface area contributed by atoms with E-state index in [0.717, 1.165) is 16.4 Å². The summed E-state index contributed by atoms with van der Waals surface area (Å²) < 4.78 is 0. The smallest absolute Gasteiger partial charge is 0.251 e. The van der Waals surface area contributed by atoms with Gasteiger partial charge in [0.15, 0.2) is 0 Å². The van der Waals surface area contributed by atoms with Crippen LogP contribution in [0.15, 0.2) is 16.2 Å². The Morgan fingerprint density at radius 3 is 2.94 bits per heavy atom. The van der Waals surface area contributed by atoms with Gasteiger partial charge in [0.1, 0.15) is 10.8 Å². The third-order valence-electron chi connectivity index (χ3n) is 2.23. The Hall–Kier alpha value is -1.53. The monoisotopic (exact) mass is 250 g/mol. The van der Waals surface area contributed by atoms with Crippen LogP contribution in [0.2, 0.25) is 0 Å². The van der Waals surface area contributed by atoms with Crippen LogP contribution in [0, 0.1) is 6.92 Å². The summed E-state index contributed by atoms with van der Waals surface area (Å²) in [6.45, 7) is 2.44. The van der Waals surface area contributed by atoms with Crippen molar-refractivity contribution in [2.24, 2.45) is 5.73 Å². The molecule has 0 aliphatic rings. The quantitative estimate of drug-likeness (QED) is 0.833. The zero-order chi connectivity index (χ0) is 12.3. The highest BCUT2D eigenvalue weighted by atomic mass is 32.1. The molecule has 0 spiro atoms. The summed E-state index contributed by atoms with van der Waals surface area (Å²) in [7, 11) is 0. The summed E-state index contributed by atoms with van der Waals surface area (Å²) in [6.07, 6.45) is 1.18. The Morgan fingerprint density at radius 1 is 1.47 bits per heavy atom. The lowest BCUT2D eigenvalue weighted by Gasteiger charge is -2.01. The zero-order valence-electron chi connectivity index (χ0n) is 9.56. The minimum Gasteiger partial charge on any atom is -0.330 e. The van der Waals surface area contributed by atoms with Gasteiger partial charge in [-0.25, -0.2) is 9.97 Å². The van der Waals surface area contributed by atoms with Gasteiger partial charge in [0.25, 0.3) is 5.56 Å². The second-order valence-electron chi connectivity index (χ2n) is 3.78. The second kappa shape index (κ2) is 5.20. The SMILES string of the molecule is Cc1csc(Cc2nc(CCN)cc(=O)[nH]2)n1. The van der Waals surface area contributed by atoms with Crippen molar-refractivity contribution in [2.75, 3.05) is 6.54 Å². The predicted molar refractivity (Wildman–Crippen MR) is 67.3 cm³/mol. The van der Waals surface area contributed by atoms with Crippen molar-refractivity contribution in [2.45, 2.75) is 19.8 Å². The van der Waals surface area contributed by atoms with E-state index in [2.05, 4.69) is 15.0 Å². The first kappa shape index (κ1) is 11.9. The highest BCUT2D eigenvalue weighted by Gasteiger charge is 2.05. The Balaban J connectivity index is 2.23. The maximum absolute atomic E-state index is 11.4. The van der Waals surface area contributed by atoms with Crippen LogP contribution in [0.25, 0.3) is 0 Å². The Kier molecular flexibility index (Phi) is 3.65. The molecule has 0 aliphatic heterocycles. The maximum Gasteiger partial charge on any atom is 0.251 e. The summed E-state index contributed by atoms with van der Waals surface area (Å²) in [5.74, 6) is 0.648. The van der Waals surface area contributed by atoms with Crippen LogP contribution < -0.4 is 11.3 Å². The number of hydrogen-bond donors (Lipinski definition) is 2. The van der Waals surface area contributed by atoms with Crippen molar-refractivity contribution in [3.05, 3.63) is 44.0 Å². The topological polar surface area (TPSA) is 84.7 Å². The summed E-state index contributed by atoms with van der Waals surface area (Å²) in [4.78, 5) is 22.9. The minimum absolute atomic E-state index is 0.133. The number of nitrogens with one attached hydrogen (secondary N) is 1. The van der Waals surface area contributed by atoms with Crippen LogP contribution >= 0.6 is 11.3 Å². The average Bonchev–Trinajstić information content (AvgIpc) is 2.63. The van der Waals surface area contributed by atoms with Crippen LogP contribution in [0.5, 0.6) is 0 Å². The number of nitrogens with zero attached hydrogens (tertiary/aromatic N) is 2. The molecule has 0 aromatic carbocycles. The number of rotatable bonds is 4.